The fraction of sp³-hybridized carbons (Fsp3) is 0.611. The van der Waals surface area contributed by atoms with E-state index in [1.165, 1.54) is 6.42 Å². The van der Waals surface area contributed by atoms with Crippen LogP contribution in [0.3, 0.4) is 0 Å². The molecule has 1 aliphatic heterocycles. The zero-order valence-electron chi connectivity index (χ0n) is 14.7. The summed E-state index contributed by atoms with van der Waals surface area (Å²) in [7, 11) is 1.99. The minimum atomic E-state index is 0. The molecule has 0 radical (unpaired) electrons. The number of hydrogen-bond acceptors (Lipinski definition) is 3. The molecule has 1 aromatic rings. The first-order valence-corrected chi connectivity index (χ1v) is 9.20. The zero-order valence-corrected chi connectivity index (χ0v) is 17.1. The summed E-state index contributed by atoms with van der Waals surface area (Å²) >= 11 is 3.48. The molecule has 1 aliphatic rings. The number of hydrogen-bond donors (Lipinski definition) is 1. The molecular formula is C18H28BrClN2O2. The fourth-order valence-electron chi connectivity index (χ4n) is 2.98. The monoisotopic (exact) mass is 418 g/mol. The molecule has 1 saturated heterocycles. The number of halogens is 2. The molecule has 1 heterocycles. The van der Waals surface area contributed by atoms with Crippen molar-refractivity contribution in [1.82, 2.24) is 10.2 Å². The van der Waals surface area contributed by atoms with Gasteiger partial charge in [-0.1, -0.05) is 15.9 Å². The molecule has 6 heteroatoms. The summed E-state index contributed by atoms with van der Waals surface area (Å²) in [6.45, 7) is 6.72. The van der Waals surface area contributed by atoms with Crippen molar-refractivity contribution in [2.75, 3.05) is 26.7 Å². The Bertz CT molecular complexity index is 532. The minimum absolute atomic E-state index is 0. The second-order valence-corrected chi connectivity index (χ2v) is 7.39. The maximum Gasteiger partial charge on any atom is 0.254 e. The molecule has 1 amide bonds. The number of rotatable bonds is 6. The van der Waals surface area contributed by atoms with Gasteiger partial charge in [-0.25, -0.2) is 0 Å². The highest BCUT2D eigenvalue weighted by Gasteiger charge is 2.24. The summed E-state index contributed by atoms with van der Waals surface area (Å²) in [5.74, 6) is 1.57. The molecule has 0 saturated carbocycles. The summed E-state index contributed by atoms with van der Waals surface area (Å²) < 4.78 is 6.60. The Kier molecular flexibility index (Phi) is 9.09. The van der Waals surface area contributed by atoms with Crippen molar-refractivity contribution in [3.63, 3.8) is 0 Å². The molecule has 24 heavy (non-hydrogen) atoms. The molecule has 2 rings (SSSR count). The maximum atomic E-state index is 12.7. The van der Waals surface area contributed by atoms with E-state index in [1.54, 1.807) is 0 Å². The van der Waals surface area contributed by atoms with Crippen LogP contribution in [0.1, 0.15) is 43.5 Å². The molecule has 4 nitrogen and oxygen atoms in total. The Labute approximate surface area is 159 Å². The number of carbonyl (C=O) groups excluding carboxylic acids is 1. The predicted octanol–water partition coefficient (Wildman–Crippen LogP) is 4.12. The van der Waals surface area contributed by atoms with Gasteiger partial charge in [0.2, 0.25) is 0 Å². The average Bonchev–Trinajstić information content (AvgIpc) is 2.51. The molecule has 136 valence electrons. The van der Waals surface area contributed by atoms with Gasteiger partial charge in [0.1, 0.15) is 5.75 Å². The maximum absolute atomic E-state index is 12.7. The molecular weight excluding hydrogens is 392 g/mol. The third kappa shape index (κ3) is 6.26. The smallest absolute Gasteiger partial charge is 0.254 e. The second kappa shape index (κ2) is 10.3. The summed E-state index contributed by atoms with van der Waals surface area (Å²) in [5, 5.41) is 3.20. The van der Waals surface area contributed by atoms with E-state index in [2.05, 4.69) is 21.2 Å². The summed E-state index contributed by atoms with van der Waals surface area (Å²) in [6, 6.07) is 5.63. The number of carbonyl (C=O) groups is 1. The molecule has 0 atom stereocenters. The number of piperidine rings is 1. The Hall–Kier alpha value is -0.780. The highest BCUT2D eigenvalue weighted by atomic mass is 79.9. The van der Waals surface area contributed by atoms with Crippen molar-refractivity contribution in [1.29, 1.82) is 0 Å². The van der Waals surface area contributed by atoms with Crippen molar-refractivity contribution < 1.29 is 9.53 Å². The Morgan fingerprint density at radius 1 is 1.33 bits per heavy atom. The van der Waals surface area contributed by atoms with Crippen LogP contribution in [0.15, 0.2) is 22.7 Å². The zero-order chi connectivity index (χ0) is 16.8. The van der Waals surface area contributed by atoms with Gasteiger partial charge in [0, 0.05) is 23.1 Å². The highest BCUT2D eigenvalue weighted by molar-refractivity contribution is 9.10. The van der Waals surface area contributed by atoms with Gasteiger partial charge >= 0.3 is 0 Å². The molecule has 1 fully saturated rings. The van der Waals surface area contributed by atoms with Crippen molar-refractivity contribution >= 4 is 34.2 Å². The first-order chi connectivity index (χ1) is 11.0. The topological polar surface area (TPSA) is 41.6 Å². The normalized spacial score (nSPS) is 15.3. The van der Waals surface area contributed by atoms with Crippen molar-refractivity contribution in [3.8, 4) is 5.75 Å². The van der Waals surface area contributed by atoms with E-state index in [4.69, 9.17) is 4.74 Å². The third-order valence-electron chi connectivity index (χ3n) is 4.19. The van der Waals surface area contributed by atoms with Gasteiger partial charge in [0.15, 0.2) is 0 Å². The summed E-state index contributed by atoms with van der Waals surface area (Å²) in [5.41, 5.74) is 0.698. The van der Waals surface area contributed by atoms with Crippen LogP contribution in [-0.2, 0) is 0 Å². The predicted molar refractivity (Wildman–Crippen MR) is 104 cm³/mol. The Morgan fingerprint density at radius 3 is 2.58 bits per heavy atom. The van der Waals surface area contributed by atoms with Gasteiger partial charge in [0.05, 0.1) is 6.10 Å². The van der Waals surface area contributed by atoms with Crippen LogP contribution in [0.2, 0.25) is 0 Å². The third-order valence-corrected chi connectivity index (χ3v) is 4.65. The van der Waals surface area contributed by atoms with E-state index in [-0.39, 0.29) is 24.4 Å². The molecule has 1 aromatic carbocycles. The van der Waals surface area contributed by atoms with Gasteiger partial charge in [-0.15, -0.1) is 12.4 Å². The molecule has 0 aliphatic carbocycles. The van der Waals surface area contributed by atoms with E-state index >= 15 is 0 Å². The van der Waals surface area contributed by atoms with Gasteiger partial charge < -0.3 is 15.0 Å². The van der Waals surface area contributed by atoms with Gasteiger partial charge in [0.25, 0.3) is 5.91 Å². The number of nitrogens with one attached hydrogen (secondary N) is 1. The standard InChI is InChI=1S/C18H27BrN2O2.ClH/c1-13(2)23-17-11-15(10-16(19)12-17)18(22)21-8-5-14(6-9-21)4-7-20-3;/h10-14,20H,4-9H2,1-3H3;1H. The highest BCUT2D eigenvalue weighted by Crippen LogP contribution is 2.26. The Balaban J connectivity index is 0.00000288. The van der Waals surface area contributed by atoms with Crippen LogP contribution in [-0.4, -0.2) is 43.6 Å². The van der Waals surface area contributed by atoms with E-state index in [0.717, 1.165) is 48.6 Å². The number of nitrogens with zero attached hydrogens (tertiary/aromatic N) is 1. The van der Waals surface area contributed by atoms with Crippen molar-refractivity contribution in [2.24, 2.45) is 5.92 Å². The van der Waals surface area contributed by atoms with Crippen molar-refractivity contribution in [3.05, 3.63) is 28.2 Å². The minimum Gasteiger partial charge on any atom is -0.491 e. The van der Waals surface area contributed by atoms with Crippen LogP contribution in [0.5, 0.6) is 5.75 Å². The second-order valence-electron chi connectivity index (χ2n) is 6.47. The lowest BCUT2D eigenvalue weighted by Gasteiger charge is -2.32. The lowest BCUT2D eigenvalue weighted by molar-refractivity contribution is 0.0686. The van der Waals surface area contributed by atoms with E-state index in [0.29, 0.717) is 5.56 Å². The van der Waals surface area contributed by atoms with Crippen LogP contribution < -0.4 is 10.1 Å². The molecule has 1 N–H and O–H groups in total. The average molecular weight is 420 g/mol. The lowest BCUT2D eigenvalue weighted by atomic mass is 9.93. The molecule has 0 unspecified atom stereocenters. The van der Waals surface area contributed by atoms with E-state index in [9.17, 15) is 4.79 Å². The first kappa shape index (κ1) is 21.3. The fourth-order valence-corrected chi connectivity index (χ4v) is 3.45. The Morgan fingerprint density at radius 2 is 2.00 bits per heavy atom. The SMILES string of the molecule is CNCCC1CCN(C(=O)c2cc(Br)cc(OC(C)C)c2)CC1.Cl. The first-order valence-electron chi connectivity index (χ1n) is 8.40. The van der Waals surface area contributed by atoms with Crippen LogP contribution in [0.25, 0.3) is 0 Å². The van der Waals surface area contributed by atoms with Gasteiger partial charge in [-0.05, 0) is 70.8 Å². The van der Waals surface area contributed by atoms with Crippen LogP contribution in [0, 0.1) is 5.92 Å². The number of amides is 1. The summed E-state index contributed by atoms with van der Waals surface area (Å²) in [6.07, 6.45) is 3.48. The van der Waals surface area contributed by atoms with Gasteiger partial charge in [-0.2, -0.15) is 0 Å². The largest absolute Gasteiger partial charge is 0.491 e. The van der Waals surface area contributed by atoms with E-state index < -0.39 is 0 Å². The van der Waals surface area contributed by atoms with Crippen molar-refractivity contribution in [2.45, 2.75) is 39.2 Å². The molecule has 0 bridgehead atoms. The molecule has 0 spiro atoms. The number of benzene rings is 1. The van der Waals surface area contributed by atoms with Crippen LogP contribution in [0.4, 0.5) is 0 Å². The molecule has 0 aromatic heterocycles. The van der Waals surface area contributed by atoms with Gasteiger partial charge in [-0.3, -0.25) is 4.79 Å². The van der Waals surface area contributed by atoms with Crippen LogP contribution >= 0.6 is 28.3 Å². The number of ether oxygens (including phenoxy) is 1. The number of likely N-dealkylation sites (tertiary alicyclic amines) is 1. The summed E-state index contributed by atoms with van der Waals surface area (Å²) in [4.78, 5) is 14.7. The lowest BCUT2D eigenvalue weighted by Crippen LogP contribution is -2.39. The quantitative estimate of drug-likeness (QED) is 0.754. The van der Waals surface area contributed by atoms with E-state index in [1.807, 2.05) is 44.0 Å².